The van der Waals surface area contributed by atoms with Crippen molar-refractivity contribution in [2.75, 3.05) is 24.5 Å². The summed E-state index contributed by atoms with van der Waals surface area (Å²) >= 11 is 5.96. The average molecular weight is 264 g/mol. The molecule has 1 N–H and O–H groups in total. The summed E-state index contributed by atoms with van der Waals surface area (Å²) in [5.74, 6) is 0.847. The van der Waals surface area contributed by atoms with E-state index >= 15 is 0 Å². The Hall–Kier alpha value is -1.26. The summed E-state index contributed by atoms with van der Waals surface area (Å²) < 4.78 is 5.80. The van der Waals surface area contributed by atoms with Gasteiger partial charge in [-0.15, -0.1) is 0 Å². The zero-order valence-corrected chi connectivity index (χ0v) is 10.7. The first-order chi connectivity index (χ1) is 8.79. The largest absolute Gasteiger partial charge is 0.423 e. The van der Waals surface area contributed by atoms with E-state index in [2.05, 4.69) is 15.2 Å². The first kappa shape index (κ1) is 10.6. The van der Waals surface area contributed by atoms with Gasteiger partial charge < -0.3 is 14.6 Å². The molecule has 0 spiro atoms. The van der Waals surface area contributed by atoms with Crippen LogP contribution in [0.3, 0.4) is 0 Å². The minimum atomic E-state index is 0.609. The Morgan fingerprint density at radius 3 is 3.17 bits per heavy atom. The van der Waals surface area contributed by atoms with Crippen molar-refractivity contribution in [2.24, 2.45) is 5.92 Å². The van der Waals surface area contributed by atoms with Crippen molar-refractivity contribution in [2.45, 2.75) is 12.5 Å². The van der Waals surface area contributed by atoms with Crippen molar-refractivity contribution in [1.29, 1.82) is 0 Å². The van der Waals surface area contributed by atoms with Crippen LogP contribution in [0.5, 0.6) is 0 Å². The van der Waals surface area contributed by atoms with Gasteiger partial charge in [-0.1, -0.05) is 11.6 Å². The Kier molecular flexibility index (Phi) is 2.29. The van der Waals surface area contributed by atoms with Gasteiger partial charge in [0.25, 0.3) is 6.01 Å². The predicted octanol–water partition coefficient (Wildman–Crippen LogP) is 2.28. The van der Waals surface area contributed by atoms with E-state index in [-0.39, 0.29) is 0 Å². The van der Waals surface area contributed by atoms with Gasteiger partial charge in [-0.25, -0.2) is 0 Å². The zero-order valence-electron chi connectivity index (χ0n) is 9.90. The van der Waals surface area contributed by atoms with Crippen molar-refractivity contribution in [3.63, 3.8) is 0 Å². The van der Waals surface area contributed by atoms with Crippen LogP contribution in [-0.2, 0) is 0 Å². The minimum Gasteiger partial charge on any atom is -0.423 e. The van der Waals surface area contributed by atoms with E-state index in [1.54, 1.807) is 0 Å². The van der Waals surface area contributed by atoms with Gasteiger partial charge in [-0.05, 0) is 37.1 Å². The van der Waals surface area contributed by atoms with Crippen molar-refractivity contribution < 1.29 is 4.42 Å². The van der Waals surface area contributed by atoms with Gasteiger partial charge in [0.1, 0.15) is 5.52 Å². The number of piperidine rings is 1. The van der Waals surface area contributed by atoms with Crippen molar-refractivity contribution >= 4 is 28.7 Å². The molecule has 2 aliphatic heterocycles. The second-order valence-electron chi connectivity index (χ2n) is 5.12. The molecule has 0 unspecified atom stereocenters. The zero-order chi connectivity index (χ0) is 12.1. The number of hydrogen-bond donors (Lipinski definition) is 1. The third-order valence-corrected chi connectivity index (χ3v) is 4.24. The number of halogens is 1. The molecule has 2 saturated heterocycles. The highest BCUT2D eigenvalue weighted by Crippen LogP contribution is 2.30. The number of hydrogen-bond acceptors (Lipinski definition) is 4. The third-order valence-electron chi connectivity index (χ3n) is 4.01. The van der Waals surface area contributed by atoms with Crippen LogP contribution in [0, 0.1) is 5.92 Å². The summed E-state index contributed by atoms with van der Waals surface area (Å²) in [7, 11) is 0. The number of benzene rings is 1. The summed E-state index contributed by atoms with van der Waals surface area (Å²) in [6.45, 7) is 3.19. The van der Waals surface area contributed by atoms with Crippen LogP contribution < -0.4 is 10.2 Å². The number of fused-ring (bicyclic) bond motifs is 2. The summed E-state index contributed by atoms with van der Waals surface area (Å²) in [6, 6.07) is 6.89. The summed E-state index contributed by atoms with van der Waals surface area (Å²) in [6.07, 6.45) is 1.22. The molecule has 0 radical (unpaired) electrons. The van der Waals surface area contributed by atoms with Gasteiger partial charge in [-0.3, -0.25) is 0 Å². The lowest BCUT2D eigenvalue weighted by atomic mass is 9.85. The van der Waals surface area contributed by atoms with E-state index in [0.717, 1.165) is 36.1 Å². The highest BCUT2D eigenvalue weighted by Gasteiger charge is 2.36. The van der Waals surface area contributed by atoms with E-state index in [4.69, 9.17) is 16.0 Å². The minimum absolute atomic E-state index is 0.609. The number of nitrogens with one attached hydrogen (secondary N) is 1. The fraction of sp³-hybridized carbons (Fsp3) is 0.462. The molecule has 0 saturated carbocycles. The van der Waals surface area contributed by atoms with E-state index < -0.39 is 0 Å². The van der Waals surface area contributed by atoms with Gasteiger partial charge in [-0.2, -0.15) is 4.98 Å². The molecule has 18 heavy (non-hydrogen) atoms. The summed E-state index contributed by atoms with van der Waals surface area (Å²) in [5.41, 5.74) is 1.64. The molecular weight excluding hydrogens is 250 g/mol. The van der Waals surface area contributed by atoms with Crippen molar-refractivity contribution in [3.05, 3.63) is 23.2 Å². The summed E-state index contributed by atoms with van der Waals surface area (Å²) in [5, 5.41) is 4.15. The Morgan fingerprint density at radius 1 is 1.44 bits per heavy atom. The highest BCUT2D eigenvalue weighted by molar-refractivity contribution is 6.31. The van der Waals surface area contributed by atoms with E-state index in [9.17, 15) is 0 Å². The molecule has 4 rings (SSSR count). The van der Waals surface area contributed by atoms with Crippen molar-refractivity contribution in [3.8, 4) is 0 Å². The molecule has 1 aromatic carbocycles. The Balaban J connectivity index is 1.65. The monoisotopic (exact) mass is 263 g/mol. The molecule has 2 atom stereocenters. The first-order valence-electron chi connectivity index (χ1n) is 6.34. The average Bonchev–Trinajstić information content (AvgIpc) is 2.73. The fourth-order valence-electron chi connectivity index (χ4n) is 2.82. The van der Waals surface area contributed by atoms with Gasteiger partial charge in [0.15, 0.2) is 5.58 Å². The molecule has 2 aromatic rings. The van der Waals surface area contributed by atoms with Crippen molar-refractivity contribution in [1.82, 2.24) is 10.3 Å². The Labute approximate surface area is 110 Å². The number of aromatic nitrogens is 1. The number of oxazole rings is 1. The molecule has 4 nitrogen and oxygen atoms in total. The van der Waals surface area contributed by atoms with Gasteiger partial charge >= 0.3 is 0 Å². The third kappa shape index (κ3) is 1.60. The highest BCUT2D eigenvalue weighted by atomic mass is 35.5. The lowest BCUT2D eigenvalue weighted by molar-refractivity contribution is 0.193. The lowest BCUT2D eigenvalue weighted by Crippen LogP contribution is -2.62. The van der Waals surface area contributed by atoms with Crippen LogP contribution >= 0.6 is 11.6 Å². The van der Waals surface area contributed by atoms with Crippen LogP contribution in [0.2, 0.25) is 5.02 Å². The molecule has 3 heterocycles. The topological polar surface area (TPSA) is 41.3 Å². The molecule has 0 aliphatic carbocycles. The molecule has 2 aliphatic rings. The number of nitrogens with zero attached hydrogens (tertiary/aromatic N) is 2. The second-order valence-corrected chi connectivity index (χ2v) is 5.55. The number of rotatable bonds is 1. The lowest BCUT2D eigenvalue weighted by Gasteiger charge is -2.45. The molecule has 0 bridgehead atoms. The van der Waals surface area contributed by atoms with Crippen LogP contribution in [0.25, 0.3) is 11.1 Å². The summed E-state index contributed by atoms with van der Waals surface area (Å²) in [4.78, 5) is 6.75. The molecule has 94 valence electrons. The molecule has 5 heteroatoms. The van der Waals surface area contributed by atoms with Gasteiger partial charge in [0.2, 0.25) is 0 Å². The van der Waals surface area contributed by atoms with Crippen LogP contribution in [0.1, 0.15) is 6.42 Å². The van der Waals surface area contributed by atoms with Gasteiger partial charge in [0.05, 0.1) is 0 Å². The van der Waals surface area contributed by atoms with Crippen LogP contribution in [0.15, 0.2) is 22.6 Å². The first-order valence-corrected chi connectivity index (χ1v) is 6.72. The Morgan fingerprint density at radius 2 is 2.39 bits per heavy atom. The molecule has 2 fully saturated rings. The molecule has 0 amide bonds. The molecule has 1 aromatic heterocycles. The fourth-order valence-corrected chi connectivity index (χ4v) is 2.98. The maximum atomic E-state index is 5.96. The van der Waals surface area contributed by atoms with E-state index in [1.165, 1.54) is 13.0 Å². The van der Waals surface area contributed by atoms with Crippen LogP contribution in [-0.4, -0.2) is 30.7 Å². The standard InChI is InChI=1S/C13H14ClN3O/c14-9-1-2-12-10(5-9)16-13(18-12)17-4-3-8-6-15-11(8)7-17/h1-2,5,8,11,15H,3-4,6-7H2/t8-,11-/m0/s1. The smallest absolute Gasteiger partial charge is 0.298 e. The van der Waals surface area contributed by atoms with E-state index in [1.807, 2.05) is 18.2 Å². The quantitative estimate of drug-likeness (QED) is 0.857. The van der Waals surface area contributed by atoms with Gasteiger partial charge in [0, 0.05) is 24.2 Å². The van der Waals surface area contributed by atoms with Crippen LogP contribution in [0.4, 0.5) is 6.01 Å². The Bertz CT molecular complexity index is 597. The SMILES string of the molecule is Clc1ccc2oc(N3CC[C@H]4CN[C@H]4C3)nc2c1. The maximum Gasteiger partial charge on any atom is 0.298 e. The van der Waals surface area contributed by atoms with E-state index in [0.29, 0.717) is 11.1 Å². The second kappa shape index (κ2) is 3.87. The molecular formula is C13H14ClN3O. The maximum absolute atomic E-state index is 5.96. The normalized spacial score (nSPS) is 27.1. The predicted molar refractivity (Wildman–Crippen MR) is 71.1 cm³/mol. The number of anilines is 1.